The van der Waals surface area contributed by atoms with Crippen LogP contribution in [-0.2, 0) is 6.54 Å². The number of hydrogen-bond acceptors (Lipinski definition) is 5. The minimum Gasteiger partial charge on any atom is -0.371 e. The number of nitrogens with one attached hydrogen (secondary N) is 1. The molecular formula is C22H37N5. The van der Waals surface area contributed by atoms with Gasteiger partial charge in [-0.3, -0.25) is 9.80 Å². The highest BCUT2D eigenvalue weighted by atomic mass is 15.3. The average molecular weight is 372 g/mol. The molecule has 1 aromatic carbocycles. The van der Waals surface area contributed by atoms with Crippen LogP contribution in [0.5, 0.6) is 0 Å². The number of piperidine rings is 1. The summed E-state index contributed by atoms with van der Waals surface area (Å²) in [6.07, 6.45) is 3.87. The highest BCUT2D eigenvalue weighted by Crippen LogP contribution is 2.28. The van der Waals surface area contributed by atoms with Crippen LogP contribution in [0.25, 0.3) is 0 Å². The number of likely N-dealkylation sites (tertiary alicyclic amines) is 2. The van der Waals surface area contributed by atoms with Gasteiger partial charge in [0.15, 0.2) is 0 Å². The van der Waals surface area contributed by atoms with Crippen molar-refractivity contribution in [1.82, 2.24) is 20.0 Å². The first-order chi connectivity index (χ1) is 13.2. The quantitative estimate of drug-likeness (QED) is 0.850. The van der Waals surface area contributed by atoms with Crippen LogP contribution in [0.4, 0.5) is 5.69 Å². The van der Waals surface area contributed by atoms with Gasteiger partial charge in [0, 0.05) is 70.6 Å². The lowest BCUT2D eigenvalue weighted by molar-refractivity contribution is 0.170. The van der Waals surface area contributed by atoms with Crippen molar-refractivity contribution in [2.24, 2.45) is 0 Å². The summed E-state index contributed by atoms with van der Waals surface area (Å²) in [5.74, 6) is 0. The second-order valence-electron chi connectivity index (χ2n) is 8.74. The van der Waals surface area contributed by atoms with Crippen LogP contribution in [0.3, 0.4) is 0 Å². The van der Waals surface area contributed by atoms with Crippen LogP contribution < -0.4 is 10.2 Å². The second kappa shape index (κ2) is 8.91. The van der Waals surface area contributed by atoms with E-state index in [0.717, 1.165) is 25.7 Å². The summed E-state index contributed by atoms with van der Waals surface area (Å²) in [7, 11) is 4.55. The number of para-hydroxylation sites is 1. The Hall–Kier alpha value is -1.14. The average Bonchev–Trinajstić information content (AvgIpc) is 3.18. The minimum absolute atomic E-state index is 0.675. The van der Waals surface area contributed by atoms with Crippen molar-refractivity contribution in [2.45, 2.75) is 37.9 Å². The molecule has 3 aliphatic heterocycles. The third-order valence-electron chi connectivity index (χ3n) is 6.92. The summed E-state index contributed by atoms with van der Waals surface area (Å²) in [6, 6.07) is 10.5. The Morgan fingerprint density at radius 2 is 1.74 bits per heavy atom. The molecule has 3 saturated heterocycles. The molecule has 5 nitrogen and oxygen atoms in total. The van der Waals surface area contributed by atoms with Gasteiger partial charge in [-0.2, -0.15) is 0 Å². The van der Waals surface area contributed by atoms with Crippen molar-refractivity contribution >= 4 is 5.69 Å². The normalized spacial score (nSPS) is 26.5. The SMILES string of the molecule is CN1CCC(N(C)c2ccccc2CN2CCC(N3CCNCC3)C2)CC1. The van der Waals surface area contributed by atoms with Crippen molar-refractivity contribution in [3.63, 3.8) is 0 Å². The first-order valence-corrected chi connectivity index (χ1v) is 10.9. The van der Waals surface area contributed by atoms with Crippen molar-refractivity contribution in [3.05, 3.63) is 29.8 Å². The van der Waals surface area contributed by atoms with Gasteiger partial charge >= 0.3 is 0 Å². The van der Waals surface area contributed by atoms with Crippen LogP contribution in [0.2, 0.25) is 0 Å². The molecule has 0 amide bonds. The highest BCUT2D eigenvalue weighted by Gasteiger charge is 2.29. The van der Waals surface area contributed by atoms with E-state index in [0.29, 0.717) is 6.04 Å². The molecule has 0 saturated carbocycles. The zero-order valence-electron chi connectivity index (χ0n) is 17.2. The molecule has 0 bridgehead atoms. The van der Waals surface area contributed by atoms with Gasteiger partial charge < -0.3 is 15.1 Å². The number of anilines is 1. The molecule has 3 fully saturated rings. The van der Waals surface area contributed by atoms with Crippen molar-refractivity contribution in [2.75, 3.05) is 71.4 Å². The van der Waals surface area contributed by atoms with Crippen LogP contribution in [-0.4, -0.2) is 93.2 Å². The lowest BCUT2D eigenvalue weighted by atomic mass is 10.0. The number of nitrogens with zero attached hydrogens (tertiary/aromatic N) is 4. The van der Waals surface area contributed by atoms with Crippen molar-refractivity contribution < 1.29 is 0 Å². The fourth-order valence-electron chi connectivity index (χ4n) is 5.11. The van der Waals surface area contributed by atoms with Gasteiger partial charge in [-0.05, 0) is 51.0 Å². The first-order valence-electron chi connectivity index (χ1n) is 10.9. The summed E-state index contributed by atoms with van der Waals surface area (Å²) < 4.78 is 0. The Labute approximate surface area is 165 Å². The van der Waals surface area contributed by atoms with E-state index in [-0.39, 0.29) is 0 Å². The number of benzene rings is 1. The van der Waals surface area contributed by atoms with E-state index in [4.69, 9.17) is 0 Å². The zero-order valence-corrected chi connectivity index (χ0v) is 17.2. The van der Waals surface area contributed by atoms with Crippen LogP contribution in [0, 0.1) is 0 Å². The molecule has 1 atom stereocenters. The molecule has 4 rings (SSSR count). The molecular weight excluding hydrogens is 334 g/mol. The predicted molar refractivity (Wildman–Crippen MR) is 113 cm³/mol. The molecule has 1 N–H and O–H groups in total. The third kappa shape index (κ3) is 4.65. The van der Waals surface area contributed by atoms with E-state index in [2.05, 4.69) is 63.3 Å². The van der Waals surface area contributed by atoms with Gasteiger partial charge in [0.2, 0.25) is 0 Å². The van der Waals surface area contributed by atoms with Gasteiger partial charge in [-0.15, -0.1) is 0 Å². The fraction of sp³-hybridized carbons (Fsp3) is 0.727. The molecule has 0 aromatic heterocycles. The molecule has 150 valence electrons. The number of rotatable bonds is 5. The predicted octanol–water partition coefficient (Wildman–Crippen LogP) is 1.70. The summed E-state index contributed by atoms with van der Waals surface area (Å²) >= 11 is 0. The Morgan fingerprint density at radius 1 is 1.00 bits per heavy atom. The summed E-state index contributed by atoms with van der Waals surface area (Å²) in [4.78, 5) is 10.4. The van der Waals surface area contributed by atoms with Crippen LogP contribution >= 0.6 is 0 Å². The van der Waals surface area contributed by atoms with Gasteiger partial charge in [0.25, 0.3) is 0 Å². The lowest BCUT2D eigenvalue weighted by Gasteiger charge is -2.37. The van der Waals surface area contributed by atoms with Crippen molar-refractivity contribution in [3.8, 4) is 0 Å². The number of piperazine rings is 1. The summed E-state index contributed by atoms with van der Waals surface area (Å²) in [6.45, 7) is 10.7. The molecule has 0 spiro atoms. The number of hydrogen-bond donors (Lipinski definition) is 1. The van der Waals surface area contributed by atoms with Gasteiger partial charge in [-0.25, -0.2) is 0 Å². The second-order valence-corrected chi connectivity index (χ2v) is 8.74. The molecule has 27 heavy (non-hydrogen) atoms. The van der Waals surface area contributed by atoms with E-state index < -0.39 is 0 Å². The molecule has 0 radical (unpaired) electrons. The molecule has 3 aliphatic rings. The Bertz CT molecular complexity index is 592. The Kier molecular flexibility index (Phi) is 6.33. The smallest absolute Gasteiger partial charge is 0.0411 e. The maximum absolute atomic E-state index is 3.48. The third-order valence-corrected chi connectivity index (χ3v) is 6.92. The van der Waals surface area contributed by atoms with Crippen LogP contribution in [0.1, 0.15) is 24.8 Å². The largest absolute Gasteiger partial charge is 0.371 e. The maximum Gasteiger partial charge on any atom is 0.0411 e. The van der Waals surface area contributed by atoms with E-state index in [9.17, 15) is 0 Å². The minimum atomic E-state index is 0.675. The van der Waals surface area contributed by atoms with Gasteiger partial charge in [0.1, 0.15) is 0 Å². The highest BCUT2D eigenvalue weighted by molar-refractivity contribution is 5.54. The molecule has 1 unspecified atom stereocenters. The molecule has 3 heterocycles. The molecule has 1 aromatic rings. The lowest BCUT2D eigenvalue weighted by Crippen LogP contribution is -2.49. The van der Waals surface area contributed by atoms with Crippen LogP contribution in [0.15, 0.2) is 24.3 Å². The van der Waals surface area contributed by atoms with Crippen molar-refractivity contribution in [1.29, 1.82) is 0 Å². The molecule has 0 aliphatic carbocycles. The topological polar surface area (TPSA) is 25.0 Å². The Balaban J connectivity index is 1.38. The van der Waals surface area contributed by atoms with E-state index in [1.54, 1.807) is 0 Å². The fourth-order valence-corrected chi connectivity index (χ4v) is 5.11. The van der Waals surface area contributed by atoms with Gasteiger partial charge in [0.05, 0.1) is 0 Å². The van der Waals surface area contributed by atoms with E-state index in [1.165, 1.54) is 69.8 Å². The monoisotopic (exact) mass is 371 g/mol. The Morgan fingerprint density at radius 3 is 2.52 bits per heavy atom. The standard InChI is InChI=1S/C22H37N5/c1-24-12-7-20(8-13-24)25(2)22-6-4-3-5-19(22)17-26-14-9-21(18-26)27-15-10-23-11-16-27/h3-6,20-21,23H,7-18H2,1-2H3. The van der Waals surface area contributed by atoms with E-state index >= 15 is 0 Å². The van der Waals surface area contributed by atoms with E-state index in [1.807, 2.05) is 0 Å². The zero-order chi connectivity index (χ0) is 18.6. The first kappa shape index (κ1) is 19.2. The molecule has 5 heteroatoms. The summed E-state index contributed by atoms with van der Waals surface area (Å²) in [5.41, 5.74) is 2.94. The summed E-state index contributed by atoms with van der Waals surface area (Å²) in [5, 5.41) is 3.48. The maximum atomic E-state index is 3.48. The van der Waals surface area contributed by atoms with Gasteiger partial charge in [-0.1, -0.05) is 18.2 Å².